The molecule has 6 heteroatoms. The van der Waals surface area contributed by atoms with E-state index in [-0.39, 0.29) is 12.5 Å². The largest absolute Gasteiger partial charge is 0.455 e. The van der Waals surface area contributed by atoms with E-state index < -0.39 is 6.29 Å². The number of fused-ring (bicyclic) bond motifs is 11. The van der Waals surface area contributed by atoms with E-state index in [4.69, 9.17) is 14.2 Å². The molecular formula is C34H20BNO3S. The van der Waals surface area contributed by atoms with Crippen LogP contribution < -0.4 is 25.1 Å². The Labute approximate surface area is 234 Å². The highest BCUT2D eigenvalue weighted by molar-refractivity contribution is 7.23. The van der Waals surface area contributed by atoms with Gasteiger partial charge in [0.25, 0.3) is 0 Å². The number of hydrogen-bond donors (Lipinski definition) is 0. The second-order valence-corrected chi connectivity index (χ2v) is 11.8. The van der Waals surface area contributed by atoms with Crippen LogP contribution in [0.25, 0.3) is 37.6 Å². The number of thiophene rings is 1. The van der Waals surface area contributed by atoms with Crippen molar-refractivity contribution in [2.45, 2.75) is 12.1 Å². The third-order valence-electron chi connectivity index (χ3n) is 8.77. The highest BCUT2D eigenvalue weighted by Crippen LogP contribution is 2.49. The molecule has 3 aliphatic rings. The third-order valence-corrected chi connectivity index (χ3v) is 9.83. The molecule has 10 rings (SSSR count). The van der Waals surface area contributed by atoms with Crippen molar-refractivity contribution < 1.29 is 14.2 Å². The van der Waals surface area contributed by atoms with Crippen molar-refractivity contribution in [3.63, 3.8) is 0 Å². The van der Waals surface area contributed by atoms with Gasteiger partial charge in [0.2, 0.25) is 13.0 Å². The Kier molecular flexibility index (Phi) is 3.97. The minimum Gasteiger partial charge on any atom is -0.455 e. The SMILES string of the molecule is c1ccc2c(c1)OC1Oc3cc(-n4c5ccccc5c5ccccc54)cc4c3B(c3c(sc5ccccc35)O4)C21. The first-order chi connectivity index (χ1) is 19.8. The maximum Gasteiger partial charge on any atom is 0.242 e. The van der Waals surface area contributed by atoms with Crippen LogP contribution in [-0.2, 0) is 0 Å². The summed E-state index contributed by atoms with van der Waals surface area (Å²) in [6.45, 7) is 0.0690. The fourth-order valence-electron chi connectivity index (χ4n) is 7.19. The lowest BCUT2D eigenvalue weighted by molar-refractivity contribution is 0.0179. The molecule has 3 aliphatic heterocycles. The molecule has 7 aromatic rings. The summed E-state index contributed by atoms with van der Waals surface area (Å²) in [7, 11) is 0. The van der Waals surface area contributed by atoms with Crippen molar-refractivity contribution >= 4 is 60.9 Å². The molecule has 40 heavy (non-hydrogen) atoms. The Hall–Kier alpha value is -4.68. The highest BCUT2D eigenvalue weighted by Gasteiger charge is 2.53. The number of aromatic nitrogens is 1. The molecule has 2 atom stereocenters. The average Bonchev–Trinajstić information content (AvgIpc) is 3.66. The normalized spacial score (nSPS) is 18.1. The monoisotopic (exact) mass is 533 g/mol. The maximum absolute atomic E-state index is 6.79. The Morgan fingerprint density at radius 2 is 1.27 bits per heavy atom. The predicted octanol–water partition coefficient (Wildman–Crippen LogP) is 7.15. The van der Waals surface area contributed by atoms with Gasteiger partial charge in [0.1, 0.15) is 17.2 Å². The minimum absolute atomic E-state index is 0.0437. The number of ether oxygens (including phenoxy) is 3. The van der Waals surface area contributed by atoms with Crippen molar-refractivity contribution in [2.75, 3.05) is 0 Å². The van der Waals surface area contributed by atoms with Gasteiger partial charge in [-0.2, -0.15) is 0 Å². The summed E-state index contributed by atoms with van der Waals surface area (Å²) in [5.74, 6) is 2.64. The molecule has 0 saturated heterocycles. The molecule has 2 unspecified atom stereocenters. The standard InChI is InChI=1S/C34H20BNO3S/c1-5-13-24-20(9-1)21-10-2-6-14-25(21)36(24)19-17-27-32-28(18-19)39-34-31(23-12-4-8-16-29(23)40-34)35(32)30-22-11-3-7-15-26(22)37-33(30)38-27/h1-18,30,33H. The molecule has 5 aromatic carbocycles. The fraction of sp³-hybridized carbons (Fsp3) is 0.0588. The zero-order valence-corrected chi connectivity index (χ0v) is 22.0. The first-order valence-corrected chi connectivity index (χ1v) is 14.4. The van der Waals surface area contributed by atoms with E-state index in [9.17, 15) is 0 Å². The van der Waals surface area contributed by atoms with Crippen LogP contribution in [0.5, 0.6) is 22.3 Å². The number of benzene rings is 5. The number of nitrogens with zero attached hydrogens (tertiary/aromatic N) is 1. The number of hydrogen-bond acceptors (Lipinski definition) is 4. The van der Waals surface area contributed by atoms with Gasteiger partial charge in [0.15, 0.2) is 5.06 Å². The maximum atomic E-state index is 6.79. The molecule has 0 fully saturated rings. The van der Waals surface area contributed by atoms with Gasteiger partial charge in [0.05, 0.1) is 16.7 Å². The second kappa shape index (κ2) is 7.49. The van der Waals surface area contributed by atoms with Gasteiger partial charge in [-0.25, -0.2) is 0 Å². The lowest BCUT2D eigenvalue weighted by atomic mass is 9.31. The lowest BCUT2D eigenvalue weighted by Crippen LogP contribution is -2.58. The summed E-state index contributed by atoms with van der Waals surface area (Å²) in [6, 6.07) is 38.5. The van der Waals surface area contributed by atoms with E-state index in [1.54, 1.807) is 11.3 Å². The molecule has 5 heterocycles. The number of para-hydroxylation sites is 3. The van der Waals surface area contributed by atoms with E-state index in [1.807, 2.05) is 6.07 Å². The van der Waals surface area contributed by atoms with Crippen LogP contribution in [0.3, 0.4) is 0 Å². The van der Waals surface area contributed by atoms with E-state index in [1.165, 1.54) is 31.9 Å². The molecule has 2 aromatic heterocycles. The summed E-state index contributed by atoms with van der Waals surface area (Å²) in [4.78, 5) is 0. The minimum atomic E-state index is -0.402. The van der Waals surface area contributed by atoms with Crippen LogP contribution in [0.15, 0.2) is 109 Å². The molecule has 0 aliphatic carbocycles. The summed E-state index contributed by atoms with van der Waals surface area (Å²) >= 11 is 1.73. The highest BCUT2D eigenvalue weighted by atomic mass is 32.1. The third kappa shape index (κ3) is 2.62. The quantitative estimate of drug-likeness (QED) is 0.210. The molecule has 0 radical (unpaired) electrons. The summed E-state index contributed by atoms with van der Waals surface area (Å²) in [5.41, 5.74) is 6.89. The molecular weight excluding hydrogens is 513 g/mol. The van der Waals surface area contributed by atoms with Gasteiger partial charge in [-0.3, -0.25) is 0 Å². The van der Waals surface area contributed by atoms with Crippen LogP contribution in [0.1, 0.15) is 11.4 Å². The van der Waals surface area contributed by atoms with E-state index in [2.05, 4.69) is 108 Å². The average molecular weight is 533 g/mol. The predicted molar refractivity (Wildman–Crippen MR) is 162 cm³/mol. The van der Waals surface area contributed by atoms with Crippen molar-refractivity contribution in [3.05, 3.63) is 115 Å². The molecule has 188 valence electrons. The molecule has 0 N–H and O–H groups in total. The Balaban J connectivity index is 1.27. The summed E-state index contributed by atoms with van der Waals surface area (Å²) in [5, 5.41) is 4.67. The summed E-state index contributed by atoms with van der Waals surface area (Å²) < 4.78 is 23.6. The van der Waals surface area contributed by atoms with Crippen molar-refractivity contribution in [1.29, 1.82) is 0 Å². The topological polar surface area (TPSA) is 32.6 Å². The van der Waals surface area contributed by atoms with Crippen molar-refractivity contribution in [1.82, 2.24) is 4.57 Å². The summed E-state index contributed by atoms with van der Waals surface area (Å²) in [6.07, 6.45) is -0.402. The molecule has 0 amide bonds. The second-order valence-electron chi connectivity index (χ2n) is 10.8. The van der Waals surface area contributed by atoms with Gasteiger partial charge < -0.3 is 18.8 Å². The van der Waals surface area contributed by atoms with Crippen LogP contribution in [0.4, 0.5) is 0 Å². The first kappa shape index (κ1) is 21.2. The zero-order chi connectivity index (χ0) is 25.9. The first-order valence-electron chi connectivity index (χ1n) is 13.6. The van der Waals surface area contributed by atoms with E-state index in [0.29, 0.717) is 0 Å². The van der Waals surface area contributed by atoms with Crippen molar-refractivity contribution in [2.24, 2.45) is 0 Å². The lowest BCUT2D eigenvalue weighted by Gasteiger charge is -2.37. The van der Waals surface area contributed by atoms with Crippen LogP contribution in [-0.4, -0.2) is 17.6 Å². The van der Waals surface area contributed by atoms with Gasteiger partial charge in [-0.05, 0) is 40.7 Å². The van der Waals surface area contributed by atoms with Crippen molar-refractivity contribution in [3.8, 4) is 28.0 Å². The Morgan fingerprint density at radius 1 is 0.625 bits per heavy atom. The van der Waals surface area contributed by atoms with Gasteiger partial charge >= 0.3 is 0 Å². The number of rotatable bonds is 1. The zero-order valence-electron chi connectivity index (χ0n) is 21.2. The Morgan fingerprint density at radius 3 is 2.10 bits per heavy atom. The van der Waals surface area contributed by atoms with Crippen LogP contribution in [0, 0.1) is 0 Å². The van der Waals surface area contributed by atoms with Crippen LogP contribution in [0.2, 0.25) is 0 Å². The fourth-order valence-corrected chi connectivity index (χ4v) is 8.30. The molecule has 4 nitrogen and oxygen atoms in total. The van der Waals surface area contributed by atoms with Gasteiger partial charge in [0, 0.05) is 38.9 Å². The molecule has 0 bridgehead atoms. The van der Waals surface area contributed by atoms with E-state index in [0.717, 1.165) is 44.5 Å². The Bertz CT molecular complexity index is 2140. The molecule has 0 spiro atoms. The van der Waals surface area contributed by atoms with Gasteiger partial charge in [-0.15, -0.1) is 0 Å². The van der Waals surface area contributed by atoms with Gasteiger partial charge in [-0.1, -0.05) is 84.1 Å². The molecule has 0 saturated carbocycles. The van der Waals surface area contributed by atoms with Crippen LogP contribution >= 0.6 is 11.3 Å². The smallest absolute Gasteiger partial charge is 0.242 e. The van der Waals surface area contributed by atoms with E-state index >= 15 is 0 Å².